The molecular formula is C11H12ClNO. The number of hydrogen-bond acceptors (Lipinski definition) is 1. The molecule has 3 heteroatoms. The number of anilines is 1. The fourth-order valence-corrected chi connectivity index (χ4v) is 1.25. The van der Waals surface area contributed by atoms with Gasteiger partial charge in [0.1, 0.15) is 0 Å². The van der Waals surface area contributed by atoms with Crippen molar-refractivity contribution in [2.24, 2.45) is 0 Å². The van der Waals surface area contributed by atoms with Gasteiger partial charge in [0.25, 0.3) is 0 Å². The quantitative estimate of drug-likeness (QED) is 0.749. The number of carbonyl (C=O) groups excluding carboxylic acids is 1. The van der Waals surface area contributed by atoms with Gasteiger partial charge >= 0.3 is 0 Å². The molecule has 0 spiro atoms. The first-order valence-electron chi connectivity index (χ1n) is 4.39. The van der Waals surface area contributed by atoms with Gasteiger partial charge in [-0.25, -0.2) is 0 Å². The van der Waals surface area contributed by atoms with E-state index in [-0.39, 0.29) is 5.91 Å². The average molecular weight is 210 g/mol. The van der Waals surface area contributed by atoms with Crippen LogP contribution in [0.4, 0.5) is 5.69 Å². The zero-order chi connectivity index (χ0) is 10.6. The second kappa shape index (κ2) is 4.82. The van der Waals surface area contributed by atoms with E-state index in [0.29, 0.717) is 11.4 Å². The van der Waals surface area contributed by atoms with Gasteiger partial charge in [-0.15, -0.1) is 0 Å². The normalized spacial score (nSPS) is 9.57. The summed E-state index contributed by atoms with van der Waals surface area (Å²) in [5.41, 5.74) is 0.788. The summed E-state index contributed by atoms with van der Waals surface area (Å²) in [6, 6.07) is 7.07. The summed E-state index contributed by atoms with van der Waals surface area (Å²) in [6.07, 6.45) is 1.96. The monoisotopic (exact) mass is 209 g/mol. The zero-order valence-corrected chi connectivity index (χ0v) is 8.79. The van der Waals surface area contributed by atoms with Crippen molar-refractivity contribution in [2.75, 3.05) is 4.90 Å². The second-order valence-corrected chi connectivity index (χ2v) is 3.21. The average Bonchev–Trinajstić information content (AvgIpc) is 2.21. The van der Waals surface area contributed by atoms with Gasteiger partial charge in [0.15, 0.2) is 0 Å². The molecule has 0 aliphatic rings. The fraction of sp³-hybridized carbons (Fsp3) is 0.182. The molecule has 0 aliphatic carbocycles. The zero-order valence-electron chi connectivity index (χ0n) is 8.03. The largest absolute Gasteiger partial charge is 0.288 e. The molecule has 0 atom stereocenters. The third-order valence-electron chi connectivity index (χ3n) is 1.86. The fourth-order valence-electron chi connectivity index (χ4n) is 1.12. The van der Waals surface area contributed by atoms with Crippen LogP contribution in [0.5, 0.6) is 0 Å². The Hall–Kier alpha value is -1.28. The topological polar surface area (TPSA) is 20.3 Å². The highest BCUT2D eigenvalue weighted by Gasteiger charge is 2.09. The van der Waals surface area contributed by atoms with E-state index < -0.39 is 0 Å². The number of benzene rings is 1. The van der Waals surface area contributed by atoms with Crippen molar-refractivity contribution in [1.82, 2.24) is 0 Å². The van der Waals surface area contributed by atoms with E-state index in [2.05, 4.69) is 6.58 Å². The van der Waals surface area contributed by atoms with Gasteiger partial charge in [-0.2, -0.15) is 0 Å². The smallest absolute Gasteiger partial charge is 0.230 e. The van der Waals surface area contributed by atoms with Crippen LogP contribution in [0.1, 0.15) is 13.3 Å². The van der Waals surface area contributed by atoms with Crippen molar-refractivity contribution in [3.8, 4) is 0 Å². The standard InChI is InChI=1S/C11H12ClNO/c1-3-11(14)13(4-2)10-7-5-9(12)6-8-10/h4-8H,2-3H2,1H3. The number of amides is 1. The maximum Gasteiger partial charge on any atom is 0.230 e. The summed E-state index contributed by atoms with van der Waals surface area (Å²) in [5.74, 6) is 0.0160. The van der Waals surface area contributed by atoms with E-state index >= 15 is 0 Å². The first-order valence-corrected chi connectivity index (χ1v) is 4.77. The summed E-state index contributed by atoms with van der Waals surface area (Å²) in [5, 5.41) is 0.654. The Bertz CT molecular complexity index is 332. The van der Waals surface area contributed by atoms with Crippen LogP contribution in [-0.2, 0) is 4.79 Å². The molecule has 0 heterocycles. The van der Waals surface area contributed by atoms with Crippen LogP contribution in [0.3, 0.4) is 0 Å². The molecule has 0 saturated carbocycles. The number of nitrogens with zero attached hydrogens (tertiary/aromatic N) is 1. The number of rotatable bonds is 3. The Morgan fingerprint density at radius 2 is 2.07 bits per heavy atom. The van der Waals surface area contributed by atoms with Crippen molar-refractivity contribution in [2.45, 2.75) is 13.3 Å². The van der Waals surface area contributed by atoms with Crippen molar-refractivity contribution >= 4 is 23.2 Å². The van der Waals surface area contributed by atoms with Gasteiger partial charge in [-0.05, 0) is 24.3 Å². The highest BCUT2D eigenvalue weighted by Crippen LogP contribution is 2.18. The van der Waals surface area contributed by atoms with Crippen molar-refractivity contribution in [3.05, 3.63) is 42.1 Å². The number of carbonyl (C=O) groups is 1. The summed E-state index contributed by atoms with van der Waals surface area (Å²) < 4.78 is 0. The van der Waals surface area contributed by atoms with E-state index in [4.69, 9.17) is 11.6 Å². The van der Waals surface area contributed by atoms with Crippen LogP contribution in [0.25, 0.3) is 0 Å². The number of halogens is 1. The highest BCUT2D eigenvalue weighted by atomic mass is 35.5. The van der Waals surface area contributed by atoms with Crippen LogP contribution in [0, 0.1) is 0 Å². The maximum absolute atomic E-state index is 11.5. The van der Waals surface area contributed by atoms with Crippen LogP contribution in [0.15, 0.2) is 37.0 Å². The lowest BCUT2D eigenvalue weighted by Gasteiger charge is -2.16. The van der Waals surface area contributed by atoms with E-state index in [9.17, 15) is 4.79 Å². The SMILES string of the molecule is C=CN(C(=O)CC)c1ccc(Cl)cc1. The van der Waals surface area contributed by atoms with Crippen LogP contribution in [-0.4, -0.2) is 5.91 Å². The van der Waals surface area contributed by atoms with Gasteiger partial charge in [0, 0.05) is 23.3 Å². The molecule has 0 aliphatic heterocycles. The molecule has 0 saturated heterocycles. The summed E-state index contributed by atoms with van der Waals surface area (Å²) in [4.78, 5) is 13.0. The maximum atomic E-state index is 11.5. The van der Waals surface area contributed by atoms with Crippen molar-refractivity contribution < 1.29 is 4.79 Å². The lowest BCUT2D eigenvalue weighted by molar-refractivity contribution is -0.117. The molecule has 1 amide bonds. The van der Waals surface area contributed by atoms with Gasteiger partial charge in [-0.3, -0.25) is 9.69 Å². The molecule has 0 unspecified atom stereocenters. The summed E-state index contributed by atoms with van der Waals surface area (Å²) in [7, 11) is 0. The predicted octanol–water partition coefficient (Wildman–Crippen LogP) is 3.23. The van der Waals surface area contributed by atoms with Crippen LogP contribution >= 0.6 is 11.6 Å². The minimum Gasteiger partial charge on any atom is -0.288 e. The molecule has 74 valence electrons. The molecule has 0 N–H and O–H groups in total. The van der Waals surface area contributed by atoms with Crippen molar-refractivity contribution in [1.29, 1.82) is 0 Å². The molecule has 0 bridgehead atoms. The van der Waals surface area contributed by atoms with Crippen LogP contribution in [0.2, 0.25) is 5.02 Å². The van der Waals surface area contributed by atoms with E-state index in [1.54, 1.807) is 24.3 Å². The Kier molecular flexibility index (Phi) is 3.72. The molecule has 0 fully saturated rings. The Morgan fingerprint density at radius 3 is 2.50 bits per heavy atom. The highest BCUT2D eigenvalue weighted by molar-refractivity contribution is 6.30. The molecule has 1 rings (SSSR count). The molecule has 2 nitrogen and oxygen atoms in total. The third-order valence-corrected chi connectivity index (χ3v) is 2.11. The molecule has 0 aromatic heterocycles. The van der Waals surface area contributed by atoms with Gasteiger partial charge in [0.2, 0.25) is 5.91 Å². The van der Waals surface area contributed by atoms with Gasteiger partial charge in [0.05, 0.1) is 0 Å². The molecule has 1 aromatic rings. The van der Waals surface area contributed by atoms with E-state index in [1.807, 2.05) is 6.92 Å². The Morgan fingerprint density at radius 1 is 1.50 bits per heavy atom. The molecule has 14 heavy (non-hydrogen) atoms. The van der Waals surface area contributed by atoms with E-state index in [0.717, 1.165) is 5.69 Å². The number of hydrogen-bond donors (Lipinski definition) is 0. The predicted molar refractivity (Wildman–Crippen MR) is 59.4 cm³/mol. The summed E-state index contributed by atoms with van der Waals surface area (Å²) in [6.45, 7) is 5.42. The van der Waals surface area contributed by atoms with Crippen LogP contribution < -0.4 is 4.90 Å². The summed E-state index contributed by atoms with van der Waals surface area (Å²) >= 11 is 5.74. The molecule has 1 aromatic carbocycles. The molecule has 0 radical (unpaired) electrons. The lowest BCUT2D eigenvalue weighted by atomic mass is 10.3. The van der Waals surface area contributed by atoms with Crippen molar-refractivity contribution in [3.63, 3.8) is 0 Å². The second-order valence-electron chi connectivity index (χ2n) is 2.78. The molecular weight excluding hydrogens is 198 g/mol. The minimum absolute atomic E-state index is 0.0160. The first-order chi connectivity index (χ1) is 6.69. The Balaban J connectivity index is 2.95. The Labute approximate surface area is 88.8 Å². The van der Waals surface area contributed by atoms with E-state index in [1.165, 1.54) is 11.1 Å². The van der Waals surface area contributed by atoms with Gasteiger partial charge < -0.3 is 0 Å². The minimum atomic E-state index is 0.0160. The van der Waals surface area contributed by atoms with Gasteiger partial charge in [-0.1, -0.05) is 25.1 Å². The first kappa shape index (κ1) is 10.8. The lowest BCUT2D eigenvalue weighted by Crippen LogP contribution is -2.23. The third kappa shape index (κ3) is 2.36.